The van der Waals surface area contributed by atoms with Gasteiger partial charge in [0.2, 0.25) is 5.13 Å². The Hall–Kier alpha value is -2.27. The van der Waals surface area contributed by atoms with Gasteiger partial charge < -0.3 is 10.0 Å². The van der Waals surface area contributed by atoms with Crippen LogP contribution in [0.2, 0.25) is 0 Å². The van der Waals surface area contributed by atoms with Gasteiger partial charge in [0.15, 0.2) is 0 Å². The highest BCUT2D eigenvalue weighted by Gasteiger charge is 2.43. The first-order valence-electron chi connectivity index (χ1n) is 8.32. The van der Waals surface area contributed by atoms with E-state index in [1.54, 1.807) is 11.3 Å². The van der Waals surface area contributed by atoms with Crippen LogP contribution in [0, 0.1) is 0 Å². The highest BCUT2D eigenvalue weighted by molar-refractivity contribution is 7.13. The zero-order chi connectivity index (χ0) is 19.4. The van der Waals surface area contributed by atoms with E-state index in [0.717, 1.165) is 18.2 Å². The molecule has 1 N–H and O–H groups in total. The number of carbonyl (C=O) groups is 1. The molecule has 4 rings (SSSR count). The number of hydrogen-bond acceptors (Lipinski definition) is 7. The molecule has 2 aromatic heterocycles. The highest BCUT2D eigenvalue weighted by atomic mass is 32.1. The molecular formula is C16H18F3N5O2S. The van der Waals surface area contributed by atoms with E-state index in [9.17, 15) is 13.2 Å². The van der Waals surface area contributed by atoms with Gasteiger partial charge in [-0.2, -0.15) is 13.2 Å². The molecule has 7 nitrogen and oxygen atoms in total. The molecule has 2 fully saturated rings. The minimum Gasteiger partial charge on any atom is -0.475 e. The molecule has 27 heavy (non-hydrogen) atoms. The van der Waals surface area contributed by atoms with E-state index >= 15 is 0 Å². The van der Waals surface area contributed by atoms with Gasteiger partial charge in [0.05, 0.1) is 0 Å². The first-order valence-corrected chi connectivity index (χ1v) is 9.20. The van der Waals surface area contributed by atoms with Crippen LogP contribution in [-0.2, 0) is 11.3 Å². The molecule has 0 aromatic carbocycles. The third-order valence-electron chi connectivity index (χ3n) is 4.64. The maximum absolute atomic E-state index is 10.6. The molecule has 2 atom stereocenters. The number of pyridine rings is 1. The van der Waals surface area contributed by atoms with Crippen molar-refractivity contribution in [2.24, 2.45) is 0 Å². The summed E-state index contributed by atoms with van der Waals surface area (Å²) in [6.07, 6.45) is 1.18. The van der Waals surface area contributed by atoms with Gasteiger partial charge in [0.25, 0.3) is 0 Å². The highest BCUT2D eigenvalue weighted by Crippen LogP contribution is 2.36. The van der Waals surface area contributed by atoms with Crippen molar-refractivity contribution in [3.05, 3.63) is 35.6 Å². The normalized spacial score (nSPS) is 22.3. The van der Waals surface area contributed by atoms with Crippen LogP contribution in [0.4, 0.5) is 18.3 Å². The number of carboxylic acid groups (broad SMARTS) is 1. The molecule has 2 aliphatic rings. The Bertz CT molecular complexity index is 744. The molecule has 0 saturated carbocycles. The number of anilines is 1. The number of aliphatic carboxylic acids is 1. The monoisotopic (exact) mass is 401 g/mol. The average Bonchev–Trinajstić information content (AvgIpc) is 3.34. The number of fused-ring (bicyclic) bond motifs is 1. The van der Waals surface area contributed by atoms with Crippen LogP contribution in [0.3, 0.4) is 0 Å². The van der Waals surface area contributed by atoms with Crippen LogP contribution in [-0.4, -0.2) is 62.5 Å². The van der Waals surface area contributed by atoms with E-state index in [4.69, 9.17) is 9.90 Å². The summed E-state index contributed by atoms with van der Waals surface area (Å²) in [6, 6.07) is 5.45. The fourth-order valence-corrected chi connectivity index (χ4v) is 4.17. The smallest absolute Gasteiger partial charge is 0.475 e. The van der Waals surface area contributed by atoms with Crippen molar-refractivity contribution < 1.29 is 23.1 Å². The topological polar surface area (TPSA) is 82.5 Å². The molecule has 0 aliphatic carbocycles. The Morgan fingerprint density at radius 2 is 2.04 bits per heavy atom. The third-order valence-corrected chi connectivity index (χ3v) is 5.36. The van der Waals surface area contributed by atoms with Gasteiger partial charge in [-0.15, -0.1) is 10.2 Å². The lowest BCUT2D eigenvalue weighted by molar-refractivity contribution is -0.192. The molecule has 4 heterocycles. The number of carboxylic acids is 1. The van der Waals surface area contributed by atoms with E-state index < -0.39 is 12.1 Å². The second kappa shape index (κ2) is 8.17. The molecule has 2 saturated heterocycles. The van der Waals surface area contributed by atoms with Gasteiger partial charge in [0.1, 0.15) is 5.51 Å². The molecule has 2 aromatic rings. The van der Waals surface area contributed by atoms with Crippen molar-refractivity contribution in [1.82, 2.24) is 20.1 Å². The molecule has 0 radical (unpaired) electrons. The summed E-state index contributed by atoms with van der Waals surface area (Å²) >= 11 is 1.65. The zero-order valence-corrected chi connectivity index (χ0v) is 15.0. The maximum Gasteiger partial charge on any atom is 0.490 e. The molecule has 2 aliphatic heterocycles. The Labute approximate surface area is 157 Å². The summed E-state index contributed by atoms with van der Waals surface area (Å²) in [7, 11) is 0. The predicted octanol–water partition coefficient (Wildman–Crippen LogP) is 2.42. The van der Waals surface area contributed by atoms with E-state index in [0.29, 0.717) is 12.1 Å². The number of halogens is 3. The lowest BCUT2D eigenvalue weighted by Gasteiger charge is -2.25. The lowest BCUT2D eigenvalue weighted by Crippen LogP contribution is -2.36. The van der Waals surface area contributed by atoms with Gasteiger partial charge in [-0.3, -0.25) is 9.88 Å². The van der Waals surface area contributed by atoms with Gasteiger partial charge in [-0.05, 0) is 24.5 Å². The van der Waals surface area contributed by atoms with Crippen LogP contribution >= 0.6 is 11.3 Å². The summed E-state index contributed by atoms with van der Waals surface area (Å²) in [5, 5.41) is 16.4. The standard InChI is InChI=1S/C14H17N5S.C2HF3O2/c1-2-11(8-15-5-1)9-18-6-3-13-12(18)4-7-19(13)14-17-16-10-20-14;3-2(4,5)1(6)7/h1-2,5,8,10,12-13H,3-4,6-7,9H2;(H,6,7)/t12-,13+;/m1./s1. The first kappa shape index (κ1) is 19.5. The molecular weight excluding hydrogens is 383 g/mol. The van der Waals surface area contributed by atoms with Gasteiger partial charge >= 0.3 is 12.1 Å². The third kappa shape index (κ3) is 4.72. The Balaban J connectivity index is 0.000000260. The van der Waals surface area contributed by atoms with Crippen LogP contribution in [0.5, 0.6) is 0 Å². The Morgan fingerprint density at radius 3 is 2.63 bits per heavy atom. The number of likely N-dealkylation sites (tertiary alicyclic amines) is 1. The SMILES string of the molecule is O=C(O)C(F)(F)F.c1cncc(CN2CC[C@H]3[C@H]2CCN3c2nncs2)c1. The quantitative estimate of drug-likeness (QED) is 0.846. The van der Waals surface area contributed by atoms with E-state index in [1.165, 1.54) is 24.9 Å². The van der Waals surface area contributed by atoms with Crippen LogP contribution in [0.25, 0.3) is 0 Å². The molecule has 0 amide bonds. The number of rotatable bonds is 3. The fourth-order valence-electron chi connectivity index (χ4n) is 3.53. The van der Waals surface area contributed by atoms with Crippen molar-refractivity contribution in [1.29, 1.82) is 0 Å². The summed E-state index contributed by atoms with van der Waals surface area (Å²) in [5.41, 5.74) is 3.13. The fraction of sp³-hybridized carbons (Fsp3) is 0.500. The number of alkyl halides is 3. The number of nitrogens with zero attached hydrogens (tertiary/aromatic N) is 5. The second-order valence-corrected chi connectivity index (χ2v) is 7.07. The lowest BCUT2D eigenvalue weighted by atomic mass is 10.1. The van der Waals surface area contributed by atoms with Crippen molar-refractivity contribution in [3.63, 3.8) is 0 Å². The minimum absolute atomic E-state index is 0.611. The molecule has 0 bridgehead atoms. The van der Waals surface area contributed by atoms with Crippen molar-refractivity contribution >= 4 is 22.4 Å². The Morgan fingerprint density at radius 1 is 1.30 bits per heavy atom. The number of hydrogen-bond donors (Lipinski definition) is 1. The molecule has 0 spiro atoms. The van der Waals surface area contributed by atoms with Crippen LogP contribution in [0.1, 0.15) is 18.4 Å². The Kier molecular flexibility index (Phi) is 5.90. The summed E-state index contributed by atoms with van der Waals surface area (Å²) < 4.78 is 31.7. The van der Waals surface area contributed by atoms with Crippen molar-refractivity contribution in [2.75, 3.05) is 18.0 Å². The predicted molar refractivity (Wildman–Crippen MR) is 92.4 cm³/mol. The first-order chi connectivity index (χ1) is 12.9. The molecule has 11 heteroatoms. The van der Waals surface area contributed by atoms with E-state index in [2.05, 4.69) is 31.0 Å². The number of aromatic nitrogens is 3. The largest absolute Gasteiger partial charge is 0.490 e. The molecule has 0 unspecified atom stereocenters. The summed E-state index contributed by atoms with van der Waals surface area (Å²) in [4.78, 5) is 18.2. The van der Waals surface area contributed by atoms with Crippen LogP contribution in [0.15, 0.2) is 30.0 Å². The summed E-state index contributed by atoms with van der Waals surface area (Å²) in [5.74, 6) is -2.76. The minimum atomic E-state index is -5.08. The maximum atomic E-state index is 10.6. The van der Waals surface area contributed by atoms with Crippen molar-refractivity contribution in [2.45, 2.75) is 37.6 Å². The van der Waals surface area contributed by atoms with E-state index in [-0.39, 0.29) is 0 Å². The van der Waals surface area contributed by atoms with E-state index in [1.807, 2.05) is 24.0 Å². The average molecular weight is 401 g/mol. The van der Waals surface area contributed by atoms with Crippen molar-refractivity contribution in [3.8, 4) is 0 Å². The zero-order valence-electron chi connectivity index (χ0n) is 14.2. The van der Waals surface area contributed by atoms with Gasteiger partial charge in [-0.25, -0.2) is 4.79 Å². The van der Waals surface area contributed by atoms with Gasteiger partial charge in [-0.1, -0.05) is 17.4 Å². The second-order valence-electron chi connectivity index (χ2n) is 6.26. The summed E-state index contributed by atoms with van der Waals surface area (Å²) in [6.45, 7) is 3.28. The molecule has 146 valence electrons. The van der Waals surface area contributed by atoms with Crippen LogP contribution < -0.4 is 4.90 Å². The van der Waals surface area contributed by atoms with Gasteiger partial charge in [0, 0.05) is 44.1 Å².